The zero-order chi connectivity index (χ0) is 17.1. The fraction of sp³-hybridized carbons (Fsp3) is 0.0952. The molecule has 0 bridgehead atoms. The fourth-order valence-electron chi connectivity index (χ4n) is 2.74. The van der Waals surface area contributed by atoms with E-state index in [1.54, 1.807) is 12.1 Å². The Hall–Kier alpha value is -3.27. The molecule has 3 aromatic carbocycles. The molecule has 1 N–H and O–H groups in total. The predicted octanol–water partition coefficient (Wildman–Crippen LogP) is 4.09. The van der Waals surface area contributed by atoms with E-state index in [9.17, 15) is 4.79 Å². The summed E-state index contributed by atoms with van der Waals surface area (Å²) in [5, 5.41) is 2.86. The van der Waals surface area contributed by atoms with Gasteiger partial charge in [-0.1, -0.05) is 42.5 Å². The molecular weight excluding hydrogens is 314 g/mol. The first-order chi connectivity index (χ1) is 12.3. The molecule has 4 nitrogen and oxygen atoms in total. The second-order valence-electron chi connectivity index (χ2n) is 5.81. The molecule has 0 aliphatic carbocycles. The molecule has 4 heteroatoms. The molecule has 4 rings (SSSR count). The zero-order valence-electron chi connectivity index (χ0n) is 13.5. The van der Waals surface area contributed by atoms with Crippen LogP contribution < -0.4 is 14.8 Å². The summed E-state index contributed by atoms with van der Waals surface area (Å²) >= 11 is 0. The van der Waals surface area contributed by atoms with Gasteiger partial charge < -0.3 is 14.8 Å². The van der Waals surface area contributed by atoms with Gasteiger partial charge in [-0.15, -0.1) is 0 Å². The highest BCUT2D eigenvalue weighted by Gasteiger charge is 2.26. The molecule has 0 spiro atoms. The van der Waals surface area contributed by atoms with Gasteiger partial charge in [-0.05, 0) is 42.0 Å². The lowest BCUT2D eigenvalue weighted by molar-refractivity contribution is 0.0756. The molecule has 1 heterocycles. The van der Waals surface area contributed by atoms with Crippen molar-refractivity contribution in [3.05, 3.63) is 95.6 Å². The summed E-state index contributed by atoms with van der Waals surface area (Å²) in [5.41, 5.74) is 2.54. The van der Waals surface area contributed by atoms with Gasteiger partial charge >= 0.3 is 0 Å². The average molecular weight is 331 g/mol. The molecule has 0 saturated heterocycles. The topological polar surface area (TPSA) is 47.6 Å². The van der Waals surface area contributed by atoms with E-state index >= 15 is 0 Å². The van der Waals surface area contributed by atoms with Crippen molar-refractivity contribution >= 4 is 5.91 Å². The highest BCUT2D eigenvalue weighted by atomic mass is 16.5. The normalized spacial score (nSPS) is 15.7. The molecule has 25 heavy (non-hydrogen) atoms. The first-order valence-corrected chi connectivity index (χ1v) is 8.13. The van der Waals surface area contributed by atoms with Gasteiger partial charge in [0.2, 0.25) is 0 Å². The van der Waals surface area contributed by atoms with E-state index in [-0.39, 0.29) is 5.91 Å². The predicted molar refractivity (Wildman–Crippen MR) is 94.5 cm³/mol. The summed E-state index contributed by atoms with van der Waals surface area (Å²) in [7, 11) is 0. The number of benzene rings is 3. The summed E-state index contributed by atoms with van der Waals surface area (Å²) < 4.78 is 11.7. The Morgan fingerprint density at radius 1 is 0.880 bits per heavy atom. The Balaban J connectivity index is 1.45. The number of rotatable bonds is 4. The van der Waals surface area contributed by atoms with E-state index in [0.29, 0.717) is 17.9 Å². The third-order valence-corrected chi connectivity index (χ3v) is 4.07. The summed E-state index contributed by atoms with van der Waals surface area (Å²) in [6.07, 6.45) is -0.495. The van der Waals surface area contributed by atoms with E-state index < -0.39 is 6.23 Å². The minimum Gasteiger partial charge on any atom is -0.489 e. The van der Waals surface area contributed by atoms with Gasteiger partial charge in [0.1, 0.15) is 18.1 Å². The molecule has 3 aromatic rings. The Bertz CT molecular complexity index is 875. The van der Waals surface area contributed by atoms with Crippen LogP contribution in [0.1, 0.15) is 27.7 Å². The number of hydrogen-bond donors (Lipinski definition) is 1. The van der Waals surface area contributed by atoms with Gasteiger partial charge in [0.15, 0.2) is 6.23 Å². The first kappa shape index (κ1) is 15.3. The third kappa shape index (κ3) is 3.33. The number of carbonyl (C=O) groups excluding carboxylic acids is 1. The maximum Gasteiger partial charge on any atom is 0.258 e. The van der Waals surface area contributed by atoms with Gasteiger partial charge in [0.05, 0.1) is 5.56 Å². The lowest BCUT2D eigenvalue weighted by Crippen LogP contribution is -2.36. The number of para-hydroxylation sites is 1. The van der Waals surface area contributed by atoms with Crippen LogP contribution in [-0.4, -0.2) is 5.91 Å². The first-order valence-electron chi connectivity index (χ1n) is 8.13. The van der Waals surface area contributed by atoms with E-state index in [1.165, 1.54) is 0 Å². The van der Waals surface area contributed by atoms with E-state index in [0.717, 1.165) is 16.9 Å². The van der Waals surface area contributed by atoms with E-state index in [2.05, 4.69) is 5.32 Å². The van der Waals surface area contributed by atoms with Crippen LogP contribution in [0, 0.1) is 0 Å². The number of nitrogens with one attached hydrogen (secondary N) is 1. The Labute approximate surface area is 146 Å². The molecule has 0 saturated carbocycles. The van der Waals surface area contributed by atoms with Crippen LogP contribution in [0.5, 0.6) is 11.5 Å². The van der Waals surface area contributed by atoms with Crippen LogP contribution >= 0.6 is 0 Å². The zero-order valence-corrected chi connectivity index (χ0v) is 13.5. The van der Waals surface area contributed by atoms with Crippen LogP contribution in [0.25, 0.3) is 0 Å². The molecular formula is C21H17NO3. The van der Waals surface area contributed by atoms with Crippen molar-refractivity contribution in [1.82, 2.24) is 5.32 Å². The highest BCUT2D eigenvalue weighted by molar-refractivity contribution is 5.97. The second kappa shape index (κ2) is 6.69. The Morgan fingerprint density at radius 2 is 1.60 bits per heavy atom. The highest BCUT2D eigenvalue weighted by Crippen LogP contribution is 2.29. The second-order valence-corrected chi connectivity index (χ2v) is 5.81. The Kier molecular flexibility index (Phi) is 4.09. The monoisotopic (exact) mass is 331 g/mol. The molecule has 0 fully saturated rings. The van der Waals surface area contributed by atoms with Gasteiger partial charge in [-0.2, -0.15) is 0 Å². The quantitative estimate of drug-likeness (QED) is 0.783. The summed E-state index contributed by atoms with van der Waals surface area (Å²) in [5.74, 6) is 1.24. The number of fused-ring (bicyclic) bond motifs is 1. The van der Waals surface area contributed by atoms with Crippen LogP contribution in [-0.2, 0) is 6.61 Å². The maximum atomic E-state index is 12.2. The number of carbonyl (C=O) groups is 1. The molecule has 124 valence electrons. The van der Waals surface area contributed by atoms with Gasteiger partial charge in [0, 0.05) is 5.56 Å². The van der Waals surface area contributed by atoms with Crippen LogP contribution in [0.4, 0.5) is 0 Å². The largest absolute Gasteiger partial charge is 0.489 e. The minimum absolute atomic E-state index is 0.128. The molecule has 0 aromatic heterocycles. The number of amides is 1. The van der Waals surface area contributed by atoms with Crippen molar-refractivity contribution in [2.75, 3.05) is 0 Å². The minimum atomic E-state index is -0.495. The van der Waals surface area contributed by atoms with E-state index in [1.807, 2.05) is 66.7 Å². The van der Waals surface area contributed by atoms with Crippen LogP contribution in [0.15, 0.2) is 78.9 Å². The Morgan fingerprint density at radius 3 is 2.40 bits per heavy atom. The van der Waals surface area contributed by atoms with Crippen molar-refractivity contribution in [2.45, 2.75) is 12.8 Å². The molecule has 0 radical (unpaired) electrons. The van der Waals surface area contributed by atoms with Crippen LogP contribution in [0.2, 0.25) is 0 Å². The maximum absolute atomic E-state index is 12.2. The standard InChI is InChI=1S/C21H17NO3/c23-20-18-8-4-5-9-19(18)25-21(22-20)16-10-12-17(13-11-16)24-14-15-6-2-1-3-7-15/h1-13,21H,14H2,(H,22,23)/t21-/m0/s1. The number of hydrogen-bond acceptors (Lipinski definition) is 3. The van der Waals surface area contributed by atoms with Crippen molar-refractivity contribution in [3.8, 4) is 11.5 Å². The third-order valence-electron chi connectivity index (χ3n) is 4.07. The summed E-state index contributed by atoms with van der Waals surface area (Å²) in [6.45, 7) is 0.518. The fourth-order valence-corrected chi connectivity index (χ4v) is 2.74. The SMILES string of the molecule is O=C1N[C@H](c2ccc(OCc3ccccc3)cc2)Oc2ccccc21. The molecule has 1 aliphatic rings. The van der Waals surface area contributed by atoms with Gasteiger partial charge in [0.25, 0.3) is 5.91 Å². The lowest BCUT2D eigenvalue weighted by Gasteiger charge is -2.27. The van der Waals surface area contributed by atoms with Crippen molar-refractivity contribution in [1.29, 1.82) is 0 Å². The smallest absolute Gasteiger partial charge is 0.258 e. The van der Waals surface area contributed by atoms with Crippen molar-refractivity contribution < 1.29 is 14.3 Å². The molecule has 1 aliphatic heterocycles. The number of ether oxygens (including phenoxy) is 2. The molecule has 0 unspecified atom stereocenters. The molecule has 1 amide bonds. The lowest BCUT2D eigenvalue weighted by atomic mass is 10.1. The average Bonchev–Trinajstić information content (AvgIpc) is 2.68. The van der Waals surface area contributed by atoms with E-state index in [4.69, 9.17) is 9.47 Å². The van der Waals surface area contributed by atoms with Gasteiger partial charge in [-0.3, -0.25) is 4.79 Å². The van der Waals surface area contributed by atoms with Crippen LogP contribution in [0.3, 0.4) is 0 Å². The molecule has 1 atom stereocenters. The van der Waals surface area contributed by atoms with Crippen molar-refractivity contribution in [3.63, 3.8) is 0 Å². The summed E-state index contributed by atoms with van der Waals surface area (Å²) in [6, 6.07) is 24.8. The van der Waals surface area contributed by atoms with Crippen molar-refractivity contribution in [2.24, 2.45) is 0 Å². The van der Waals surface area contributed by atoms with Gasteiger partial charge in [-0.25, -0.2) is 0 Å². The summed E-state index contributed by atoms with van der Waals surface area (Å²) in [4.78, 5) is 12.2.